The van der Waals surface area contributed by atoms with Gasteiger partial charge in [-0.1, -0.05) is 12.1 Å². The molecule has 3 rings (SSSR count). The molecule has 0 heterocycles. The van der Waals surface area contributed by atoms with E-state index in [1.54, 1.807) is 48.5 Å². The van der Waals surface area contributed by atoms with E-state index < -0.39 is 23.8 Å². The zero-order chi connectivity index (χ0) is 21.0. The van der Waals surface area contributed by atoms with Crippen LogP contribution in [0.3, 0.4) is 0 Å². The highest BCUT2D eigenvalue weighted by atomic mass is 16.5. The SMILES string of the molecule is COC(=O)c1ccc(NC(=O)C2CC2C(=O)Nc2ccccc2C(=O)OC)cc1. The zero-order valence-corrected chi connectivity index (χ0v) is 15.9. The molecule has 1 fully saturated rings. The van der Waals surface area contributed by atoms with Crippen LogP contribution in [0, 0.1) is 11.8 Å². The number of anilines is 2. The van der Waals surface area contributed by atoms with Crippen LogP contribution in [-0.2, 0) is 19.1 Å². The van der Waals surface area contributed by atoms with Crippen molar-refractivity contribution in [3.63, 3.8) is 0 Å². The van der Waals surface area contributed by atoms with E-state index in [0.717, 1.165) is 0 Å². The van der Waals surface area contributed by atoms with Gasteiger partial charge >= 0.3 is 11.9 Å². The molecule has 29 heavy (non-hydrogen) atoms. The highest BCUT2D eigenvalue weighted by Gasteiger charge is 2.48. The number of benzene rings is 2. The van der Waals surface area contributed by atoms with E-state index in [-0.39, 0.29) is 17.4 Å². The summed E-state index contributed by atoms with van der Waals surface area (Å²) in [6, 6.07) is 12.8. The summed E-state index contributed by atoms with van der Waals surface area (Å²) >= 11 is 0. The van der Waals surface area contributed by atoms with Crippen LogP contribution in [-0.4, -0.2) is 38.0 Å². The lowest BCUT2D eigenvalue weighted by molar-refractivity contribution is -0.122. The highest BCUT2D eigenvalue weighted by Crippen LogP contribution is 2.40. The molecule has 2 aromatic rings. The third-order valence-corrected chi connectivity index (χ3v) is 4.63. The summed E-state index contributed by atoms with van der Waals surface area (Å²) in [5, 5.41) is 5.42. The number of hydrogen-bond donors (Lipinski definition) is 2. The minimum atomic E-state index is -0.554. The quantitative estimate of drug-likeness (QED) is 0.726. The smallest absolute Gasteiger partial charge is 0.339 e. The predicted octanol–water partition coefficient (Wildman–Crippen LogP) is 2.47. The van der Waals surface area contributed by atoms with Crippen LogP contribution in [0.4, 0.5) is 11.4 Å². The van der Waals surface area contributed by atoms with E-state index in [1.165, 1.54) is 14.2 Å². The lowest BCUT2D eigenvalue weighted by Gasteiger charge is -2.09. The van der Waals surface area contributed by atoms with Gasteiger partial charge in [0, 0.05) is 5.69 Å². The Kier molecular flexibility index (Phi) is 5.92. The molecular formula is C21H20N2O6. The third-order valence-electron chi connectivity index (χ3n) is 4.63. The molecule has 150 valence electrons. The number of rotatable bonds is 6. The maximum absolute atomic E-state index is 12.5. The first-order chi connectivity index (χ1) is 13.9. The second-order valence-corrected chi connectivity index (χ2v) is 6.53. The molecule has 0 spiro atoms. The average molecular weight is 396 g/mol. The van der Waals surface area contributed by atoms with Crippen LogP contribution in [0.1, 0.15) is 27.1 Å². The van der Waals surface area contributed by atoms with Gasteiger partial charge in [0.25, 0.3) is 0 Å². The van der Waals surface area contributed by atoms with Gasteiger partial charge in [-0.15, -0.1) is 0 Å². The van der Waals surface area contributed by atoms with Crippen LogP contribution in [0.2, 0.25) is 0 Å². The molecule has 8 nitrogen and oxygen atoms in total. The normalized spacial score (nSPS) is 17.0. The molecule has 2 N–H and O–H groups in total. The Hall–Kier alpha value is -3.68. The number of carbonyl (C=O) groups excluding carboxylic acids is 4. The zero-order valence-electron chi connectivity index (χ0n) is 15.9. The molecule has 0 bridgehead atoms. The highest BCUT2D eigenvalue weighted by molar-refractivity contribution is 6.06. The number of methoxy groups -OCH3 is 2. The van der Waals surface area contributed by atoms with Gasteiger partial charge in [-0.3, -0.25) is 9.59 Å². The van der Waals surface area contributed by atoms with Gasteiger partial charge in [-0.2, -0.15) is 0 Å². The van der Waals surface area contributed by atoms with Crippen molar-refractivity contribution in [3.8, 4) is 0 Å². The van der Waals surface area contributed by atoms with E-state index in [4.69, 9.17) is 4.74 Å². The molecule has 2 aromatic carbocycles. The molecule has 2 unspecified atom stereocenters. The molecule has 0 saturated heterocycles. The summed E-state index contributed by atoms with van der Waals surface area (Å²) in [5.41, 5.74) is 1.48. The molecule has 0 aliphatic heterocycles. The van der Waals surface area contributed by atoms with Gasteiger partial charge in [0.1, 0.15) is 0 Å². The van der Waals surface area contributed by atoms with Crippen LogP contribution < -0.4 is 10.6 Å². The van der Waals surface area contributed by atoms with Crippen molar-refractivity contribution in [2.75, 3.05) is 24.9 Å². The summed E-state index contributed by atoms with van der Waals surface area (Å²) in [4.78, 5) is 48.1. The summed E-state index contributed by atoms with van der Waals surface area (Å²) in [5.74, 6) is -2.56. The number of amides is 2. The maximum atomic E-state index is 12.5. The number of esters is 2. The lowest BCUT2D eigenvalue weighted by Crippen LogP contribution is -2.21. The largest absolute Gasteiger partial charge is 0.465 e. The first-order valence-corrected chi connectivity index (χ1v) is 8.92. The predicted molar refractivity (Wildman–Crippen MR) is 104 cm³/mol. The van der Waals surface area contributed by atoms with E-state index in [1.807, 2.05) is 0 Å². The number of para-hydroxylation sites is 1. The monoisotopic (exact) mass is 396 g/mol. The summed E-state index contributed by atoms with van der Waals surface area (Å²) in [6.07, 6.45) is 0.415. The molecule has 0 radical (unpaired) electrons. The molecule has 2 atom stereocenters. The first-order valence-electron chi connectivity index (χ1n) is 8.92. The first kappa shape index (κ1) is 20.1. The molecule has 1 aliphatic rings. The van der Waals surface area contributed by atoms with Gasteiger partial charge in [0.2, 0.25) is 11.8 Å². The number of ether oxygens (including phenoxy) is 2. The van der Waals surface area contributed by atoms with Gasteiger partial charge in [0.05, 0.1) is 42.9 Å². The summed E-state index contributed by atoms with van der Waals surface area (Å²) in [7, 11) is 2.56. The number of nitrogens with one attached hydrogen (secondary N) is 2. The Morgan fingerprint density at radius 3 is 2.00 bits per heavy atom. The van der Waals surface area contributed by atoms with Gasteiger partial charge in [-0.25, -0.2) is 9.59 Å². The summed E-state index contributed by atoms with van der Waals surface area (Å²) < 4.78 is 9.33. The van der Waals surface area contributed by atoms with Crippen molar-refractivity contribution in [1.82, 2.24) is 0 Å². The Bertz CT molecular complexity index is 954. The number of hydrogen-bond acceptors (Lipinski definition) is 6. The number of carbonyl (C=O) groups is 4. The molecule has 0 aromatic heterocycles. The average Bonchev–Trinajstić information content (AvgIpc) is 3.55. The Balaban J connectivity index is 1.58. The molecular weight excluding hydrogens is 376 g/mol. The Morgan fingerprint density at radius 2 is 1.38 bits per heavy atom. The minimum Gasteiger partial charge on any atom is -0.465 e. The van der Waals surface area contributed by atoms with Gasteiger partial charge in [0.15, 0.2) is 0 Å². The summed E-state index contributed by atoms with van der Waals surface area (Å²) in [6.45, 7) is 0. The molecule has 1 saturated carbocycles. The van der Waals surface area contributed by atoms with Crippen molar-refractivity contribution in [3.05, 3.63) is 59.7 Å². The van der Waals surface area contributed by atoms with E-state index >= 15 is 0 Å². The third kappa shape index (κ3) is 4.60. The van der Waals surface area contributed by atoms with E-state index in [2.05, 4.69) is 15.4 Å². The van der Waals surface area contributed by atoms with E-state index in [9.17, 15) is 19.2 Å². The van der Waals surface area contributed by atoms with Crippen molar-refractivity contribution >= 4 is 35.1 Å². The fourth-order valence-electron chi connectivity index (χ4n) is 2.92. The van der Waals surface area contributed by atoms with Crippen LogP contribution in [0.5, 0.6) is 0 Å². The van der Waals surface area contributed by atoms with Crippen molar-refractivity contribution < 1.29 is 28.7 Å². The topological polar surface area (TPSA) is 111 Å². The fraction of sp³-hybridized carbons (Fsp3) is 0.238. The Morgan fingerprint density at radius 1 is 0.793 bits per heavy atom. The van der Waals surface area contributed by atoms with Gasteiger partial charge < -0.3 is 20.1 Å². The Labute approximate surface area is 167 Å². The standard InChI is InChI=1S/C21H20N2O6/c1-28-20(26)12-7-9-13(10-8-12)22-18(24)15-11-16(15)19(25)23-17-6-4-3-5-14(17)21(27)29-2/h3-10,15-16H,11H2,1-2H3,(H,22,24)(H,23,25). The second kappa shape index (κ2) is 8.55. The fourth-order valence-corrected chi connectivity index (χ4v) is 2.92. The lowest BCUT2D eigenvalue weighted by atomic mass is 10.1. The van der Waals surface area contributed by atoms with Crippen LogP contribution in [0.25, 0.3) is 0 Å². The van der Waals surface area contributed by atoms with Crippen LogP contribution >= 0.6 is 0 Å². The maximum Gasteiger partial charge on any atom is 0.339 e. The van der Waals surface area contributed by atoms with Crippen molar-refractivity contribution in [2.45, 2.75) is 6.42 Å². The second-order valence-electron chi connectivity index (χ2n) is 6.53. The van der Waals surface area contributed by atoms with Crippen LogP contribution in [0.15, 0.2) is 48.5 Å². The van der Waals surface area contributed by atoms with E-state index in [0.29, 0.717) is 23.4 Å². The van der Waals surface area contributed by atoms with Crippen molar-refractivity contribution in [1.29, 1.82) is 0 Å². The van der Waals surface area contributed by atoms with Crippen molar-refractivity contribution in [2.24, 2.45) is 11.8 Å². The van der Waals surface area contributed by atoms with Gasteiger partial charge in [-0.05, 0) is 42.8 Å². The molecule has 1 aliphatic carbocycles. The molecule has 8 heteroatoms. The minimum absolute atomic E-state index is 0.246. The molecule has 2 amide bonds.